The molecule has 24 heavy (non-hydrogen) atoms. The van der Waals surface area contributed by atoms with E-state index in [2.05, 4.69) is 21.2 Å². The standard InChI is InChI=1S/C17H24BrNO5/c1-6-23-15(21)17(18,12-8-7-9-13(10-12)22-5)19-11-14(20)24-16(2,3)4/h7-10,19H,6,11H2,1-5H3. The van der Waals surface area contributed by atoms with Crippen LogP contribution < -0.4 is 10.1 Å². The number of methoxy groups -OCH3 is 1. The topological polar surface area (TPSA) is 73.9 Å². The zero-order valence-electron chi connectivity index (χ0n) is 14.6. The van der Waals surface area contributed by atoms with Crippen molar-refractivity contribution in [2.45, 2.75) is 37.7 Å². The van der Waals surface area contributed by atoms with Crippen LogP contribution in [0, 0.1) is 0 Å². The summed E-state index contributed by atoms with van der Waals surface area (Å²) in [5.74, 6) is -0.444. The van der Waals surface area contributed by atoms with Gasteiger partial charge < -0.3 is 14.2 Å². The zero-order chi connectivity index (χ0) is 18.4. The molecule has 0 radical (unpaired) electrons. The van der Waals surface area contributed by atoms with E-state index in [1.807, 2.05) is 0 Å². The average molecular weight is 402 g/mol. The van der Waals surface area contributed by atoms with Crippen LogP contribution in [-0.2, 0) is 23.5 Å². The summed E-state index contributed by atoms with van der Waals surface area (Å²) in [5.41, 5.74) is -0.0444. The van der Waals surface area contributed by atoms with Crippen molar-refractivity contribution in [3.8, 4) is 5.75 Å². The summed E-state index contributed by atoms with van der Waals surface area (Å²) in [5, 5.41) is 2.88. The molecule has 0 bridgehead atoms. The minimum Gasteiger partial charge on any atom is -0.497 e. The summed E-state index contributed by atoms with van der Waals surface area (Å²) in [4.78, 5) is 24.4. The summed E-state index contributed by atoms with van der Waals surface area (Å²) in [7, 11) is 1.54. The van der Waals surface area contributed by atoms with Crippen LogP contribution in [0.15, 0.2) is 24.3 Å². The van der Waals surface area contributed by atoms with Crippen molar-refractivity contribution in [3.63, 3.8) is 0 Å². The van der Waals surface area contributed by atoms with Crippen molar-refractivity contribution < 1.29 is 23.8 Å². The number of rotatable bonds is 7. The number of halogens is 1. The van der Waals surface area contributed by atoms with Crippen molar-refractivity contribution in [2.24, 2.45) is 0 Å². The third-order valence-corrected chi connectivity index (χ3v) is 3.98. The number of ether oxygens (including phenoxy) is 3. The summed E-state index contributed by atoms with van der Waals surface area (Å²) in [6, 6.07) is 6.93. The Morgan fingerprint density at radius 1 is 1.25 bits per heavy atom. The van der Waals surface area contributed by atoms with E-state index in [1.54, 1.807) is 52.0 Å². The minimum absolute atomic E-state index is 0.168. The van der Waals surface area contributed by atoms with E-state index in [-0.39, 0.29) is 13.2 Å². The van der Waals surface area contributed by atoms with Crippen molar-refractivity contribution in [3.05, 3.63) is 29.8 Å². The molecule has 1 N–H and O–H groups in total. The first-order valence-electron chi connectivity index (χ1n) is 7.60. The summed E-state index contributed by atoms with van der Waals surface area (Å²) in [6.45, 7) is 7.09. The summed E-state index contributed by atoms with van der Waals surface area (Å²) >= 11 is 3.38. The van der Waals surface area contributed by atoms with Crippen molar-refractivity contribution in [1.29, 1.82) is 0 Å². The third kappa shape index (κ3) is 5.79. The SMILES string of the molecule is CCOC(=O)C(Br)(NCC(=O)OC(C)(C)C)c1cccc(OC)c1. The quantitative estimate of drug-likeness (QED) is 0.430. The number of nitrogens with one attached hydrogen (secondary N) is 1. The van der Waals surface area contributed by atoms with Crippen LogP contribution in [0.25, 0.3) is 0 Å². The molecule has 0 saturated heterocycles. The lowest BCUT2D eigenvalue weighted by molar-refractivity contribution is -0.154. The van der Waals surface area contributed by atoms with E-state index in [9.17, 15) is 9.59 Å². The highest BCUT2D eigenvalue weighted by molar-refractivity contribution is 9.10. The second-order valence-corrected chi connectivity index (χ2v) is 7.24. The highest BCUT2D eigenvalue weighted by atomic mass is 79.9. The lowest BCUT2D eigenvalue weighted by atomic mass is 10.1. The van der Waals surface area contributed by atoms with Gasteiger partial charge in [0.1, 0.15) is 11.4 Å². The Bertz CT molecular complexity index is 585. The Morgan fingerprint density at radius 3 is 2.46 bits per heavy atom. The van der Waals surface area contributed by atoms with Gasteiger partial charge in [-0.15, -0.1) is 0 Å². The Kier molecular flexibility index (Phi) is 7.23. The Morgan fingerprint density at radius 2 is 1.92 bits per heavy atom. The number of esters is 2. The van der Waals surface area contributed by atoms with Gasteiger partial charge in [0, 0.05) is 0 Å². The van der Waals surface area contributed by atoms with E-state index in [0.717, 1.165) is 0 Å². The van der Waals surface area contributed by atoms with Crippen LogP contribution in [-0.4, -0.2) is 37.8 Å². The molecule has 134 valence electrons. The van der Waals surface area contributed by atoms with Gasteiger partial charge in [-0.25, -0.2) is 4.79 Å². The molecule has 0 aliphatic heterocycles. The maximum atomic E-state index is 12.4. The van der Waals surface area contributed by atoms with Gasteiger partial charge in [-0.1, -0.05) is 12.1 Å². The lowest BCUT2D eigenvalue weighted by Crippen LogP contribution is -2.48. The molecule has 0 aliphatic rings. The van der Waals surface area contributed by atoms with Gasteiger partial charge in [0.15, 0.2) is 4.45 Å². The van der Waals surface area contributed by atoms with Gasteiger partial charge in [0.05, 0.1) is 20.3 Å². The van der Waals surface area contributed by atoms with Crippen molar-refractivity contribution in [2.75, 3.05) is 20.3 Å². The first-order valence-corrected chi connectivity index (χ1v) is 8.39. The molecule has 0 heterocycles. The highest BCUT2D eigenvalue weighted by Gasteiger charge is 2.40. The number of carbonyl (C=O) groups is 2. The predicted octanol–water partition coefficient (Wildman–Crippen LogP) is 2.74. The van der Waals surface area contributed by atoms with E-state index in [1.165, 1.54) is 7.11 Å². The number of benzene rings is 1. The summed E-state index contributed by atoms with van der Waals surface area (Å²) in [6.07, 6.45) is 0. The van der Waals surface area contributed by atoms with E-state index < -0.39 is 22.0 Å². The number of carbonyl (C=O) groups excluding carboxylic acids is 2. The fourth-order valence-corrected chi connectivity index (χ4v) is 2.43. The molecule has 1 unspecified atom stereocenters. The molecule has 0 spiro atoms. The van der Waals surface area contributed by atoms with Crippen LogP contribution in [0.1, 0.15) is 33.3 Å². The van der Waals surface area contributed by atoms with Crippen LogP contribution in [0.2, 0.25) is 0 Å². The third-order valence-electron chi connectivity index (χ3n) is 2.92. The van der Waals surface area contributed by atoms with Crippen LogP contribution in [0.3, 0.4) is 0 Å². The van der Waals surface area contributed by atoms with E-state index in [0.29, 0.717) is 11.3 Å². The molecule has 1 rings (SSSR count). The second-order valence-electron chi connectivity index (χ2n) is 6.05. The van der Waals surface area contributed by atoms with E-state index >= 15 is 0 Å². The van der Waals surface area contributed by atoms with Gasteiger partial charge in [0.25, 0.3) is 0 Å². The van der Waals surface area contributed by atoms with Gasteiger partial charge in [0.2, 0.25) is 0 Å². The van der Waals surface area contributed by atoms with Gasteiger partial charge in [-0.2, -0.15) is 0 Å². The first kappa shape index (κ1) is 20.4. The number of hydrogen-bond donors (Lipinski definition) is 1. The minimum atomic E-state index is -1.38. The molecule has 7 heteroatoms. The fraction of sp³-hybridized carbons (Fsp3) is 0.529. The Hall–Kier alpha value is -1.60. The monoisotopic (exact) mass is 401 g/mol. The zero-order valence-corrected chi connectivity index (χ0v) is 16.2. The number of alkyl halides is 1. The van der Waals surface area contributed by atoms with Gasteiger partial charge >= 0.3 is 11.9 Å². The molecular weight excluding hydrogens is 378 g/mol. The second kappa shape index (κ2) is 8.48. The van der Waals surface area contributed by atoms with Gasteiger partial charge in [-0.3, -0.25) is 10.1 Å². The summed E-state index contributed by atoms with van der Waals surface area (Å²) < 4.78 is 14.2. The van der Waals surface area contributed by atoms with Crippen LogP contribution >= 0.6 is 15.9 Å². The van der Waals surface area contributed by atoms with Crippen molar-refractivity contribution >= 4 is 27.9 Å². The Labute approximate surface area is 151 Å². The van der Waals surface area contributed by atoms with Crippen LogP contribution in [0.5, 0.6) is 5.75 Å². The molecular formula is C17H24BrNO5. The van der Waals surface area contributed by atoms with Crippen molar-refractivity contribution in [1.82, 2.24) is 5.32 Å². The first-order chi connectivity index (χ1) is 11.1. The smallest absolute Gasteiger partial charge is 0.342 e. The highest BCUT2D eigenvalue weighted by Crippen LogP contribution is 2.32. The average Bonchev–Trinajstić information content (AvgIpc) is 2.51. The maximum Gasteiger partial charge on any atom is 0.342 e. The predicted molar refractivity (Wildman–Crippen MR) is 94.1 cm³/mol. The number of hydrogen-bond acceptors (Lipinski definition) is 6. The maximum absolute atomic E-state index is 12.4. The molecule has 0 fully saturated rings. The Balaban J connectivity index is 3.02. The van der Waals surface area contributed by atoms with Crippen LogP contribution in [0.4, 0.5) is 0 Å². The normalized spacial score (nSPS) is 13.8. The molecule has 6 nitrogen and oxygen atoms in total. The fourth-order valence-electron chi connectivity index (χ4n) is 1.93. The lowest BCUT2D eigenvalue weighted by Gasteiger charge is -2.28. The molecule has 0 aliphatic carbocycles. The molecule has 0 saturated carbocycles. The molecule has 1 aromatic rings. The largest absolute Gasteiger partial charge is 0.497 e. The van der Waals surface area contributed by atoms with Gasteiger partial charge in [-0.05, 0) is 61.3 Å². The molecule has 0 amide bonds. The molecule has 1 atom stereocenters. The molecule has 1 aromatic carbocycles. The van der Waals surface area contributed by atoms with E-state index in [4.69, 9.17) is 14.2 Å². The molecule has 0 aromatic heterocycles.